The first kappa shape index (κ1) is 12.0. The second-order valence-corrected chi connectivity index (χ2v) is 5.31. The van der Waals surface area contributed by atoms with Crippen molar-refractivity contribution in [3.63, 3.8) is 0 Å². The molecule has 0 saturated carbocycles. The van der Waals surface area contributed by atoms with E-state index in [1.807, 2.05) is 60.8 Å². The Labute approximate surface area is 121 Å². The molecule has 104 valence electrons. The van der Waals surface area contributed by atoms with Gasteiger partial charge in [0.15, 0.2) is 0 Å². The summed E-state index contributed by atoms with van der Waals surface area (Å²) in [5, 5.41) is 1.04. The summed E-state index contributed by atoms with van der Waals surface area (Å²) < 4.78 is 7.75. The van der Waals surface area contributed by atoms with Crippen LogP contribution in [0.2, 0.25) is 0 Å². The summed E-state index contributed by atoms with van der Waals surface area (Å²) in [6.45, 7) is 3.99. The van der Waals surface area contributed by atoms with E-state index in [0.29, 0.717) is 5.82 Å². The molecule has 0 saturated heterocycles. The molecule has 4 rings (SSSR count). The molecule has 0 bridgehead atoms. The first-order valence-corrected chi connectivity index (χ1v) is 6.88. The van der Waals surface area contributed by atoms with Crippen molar-refractivity contribution in [2.75, 3.05) is 5.73 Å². The number of fused-ring (bicyclic) bond motifs is 2. The third-order valence-electron chi connectivity index (χ3n) is 3.81. The van der Waals surface area contributed by atoms with Crippen LogP contribution in [0.25, 0.3) is 27.9 Å². The molecule has 0 aliphatic heterocycles. The Morgan fingerprint density at radius 2 is 1.90 bits per heavy atom. The van der Waals surface area contributed by atoms with Gasteiger partial charge < -0.3 is 10.2 Å². The molecule has 4 heteroatoms. The average molecular weight is 277 g/mol. The molecule has 3 aromatic heterocycles. The summed E-state index contributed by atoms with van der Waals surface area (Å²) in [7, 11) is 0. The van der Waals surface area contributed by atoms with Crippen LogP contribution in [0.5, 0.6) is 0 Å². The summed E-state index contributed by atoms with van der Waals surface area (Å²) in [5.41, 5.74) is 10.9. The van der Waals surface area contributed by atoms with Gasteiger partial charge in [0, 0.05) is 11.6 Å². The second kappa shape index (κ2) is 4.12. The van der Waals surface area contributed by atoms with Gasteiger partial charge in [-0.15, -0.1) is 0 Å². The molecule has 0 spiro atoms. The van der Waals surface area contributed by atoms with Gasteiger partial charge in [0.1, 0.15) is 28.5 Å². The van der Waals surface area contributed by atoms with Crippen LogP contribution in [0.3, 0.4) is 0 Å². The molecule has 4 aromatic rings. The lowest BCUT2D eigenvalue weighted by Gasteiger charge is -1.99. The Morgan fingerprint density at radius 3 is 2.76 bits per heavy atom. The molecular weight excluding hydrogens is 262 g/mol. The van der Waals surface area contributed by atoms with E-state index < -0.39 is 0 Å². The predicted molar refractivity (Wildman–Crippen MR) is 84.3 cm³/mol. The van der Waals surface area contributed by atoms with Gasteiger partial charge in [-0.25, -0.2) is 4.98 Å². The third kappa shape index (κ3) is 1.65. The molecule has 0 amide bonds. The van der Waals surface area contributed by atoms with Gasteiger partial charge in [0.05, 0.1) is 5.56 Å². The largest absolute Gasteiger partial charge is 0.461 e. The number of furan rings is 1. The number of aromatic nitrogens is 2. The fraction of sp³-hybridized carbons (Fsp3) is 0.118. The van der Waals surface area contributed by atoms with Crippen molar-refractivity contribution in [2.45, 2.75) is 13.8 Å². The number of anilines is 1. The Bertz CT molecular complexity index is 978. The molecule has 2 N–H and O–H groups in total. The van der Waals surface area contributed by atoms with E-state index >= 15 is 0 Å². The number of nitrogens with zero attached hydrogens (tertiary/aromatic N) is 2. The van der Waals surface area contributed by atoms with Crippen LogP contribution in [0.15, 0.2) is 47.0 Å². The second-order valence-electron chi connectivity index (χ2n) is 5.31. The van der Waals surface area contributed by atoms with Crippen LogP contribution in [0.4, 0.5) is 5.82 Å². The lowest BCUT2D eigenvalue weighted by atomic mass is 10.1. The molecular formula is C17H15N3O. The molecule has 21 heavy (non-hydrogen) atoms. The summed E-state index contributed by atoms with van der Waals surface area (Å²) >= 11 is 0. The smallest absolute Gasteiger partial charge is 0.139 e. The molecule has 0 atom stereocenters. The Balaban J connectivity index is 2.09. The first-order valence-electron chi connectivity index (χ1n) is 6.88. The number of hydrogen-bond acceptors (Lipinski definition) is 3. The van der Waals surface area contributed by atoms with E-state index in [-0.39, 0.29) is 0 Å². The quantitative estimate of drug-likeness (QED) is 0.573. The minimum atomic E-state index is 0.642. The van der Waals surface area contributed by atoms with Crippen LogP contribution >= 0.6 is 0 Å². The molecule has 0 unspecified atom stereocenters. The molecule has 3 heterocycles. The number of hydrogen-bond donors (Lipinski definition) is 1. The molecule has 4 nitrogen and oxygen atoms in total. The molecule has 0 radical (unpaired) electrons. The zero-order chi connectivity index (χ0) is 14.6. The van der Waals surface area contributed by atoms with E-state index in [1.165, 1.54) is 0 Å². The van der Waals surface area contributed by atoms with E-state index in [1.54, 1.807) is 0 Å². The van der Waals surface area contributed by atoms with Gasteiger partial charge in [-0.2, -0.15) is 0 Å². The van der Waals surface area contributed by atoms with Crippen LogP contribution in [-0.4, -0.2) is 9.38 Å². The first-order chi connectivity index (χ1) is 10.1. The topological polar surface area (TPSA) is 56.5 Å². The summed E-state index contributed by atoms with van der Waals surface area (Å²) in [6, 6.07) is 12.0. The average Bonchev–Trinajstić information content (AvgIpc) is 2.96. The highest BCUT2D eigenvalue weighted by molar-refractivity contribution is 5.97. The van der Waals surface area contributed by atoms with Crippen LogP contribution < -0.4 is 5.73 Å². The van der Waals surface area contributed by atoms with Gasteiger partial charge in [0.2, 0.25) is 0 Å². The third-order valence-corrected chi connectivity index (χ3v) is 3.81. The zero-order valence-electron chi connectivity index (χ0n) is 11.9. The summed E-state index contributed by atoms with van der Waals surface area (Å²) in [4.78, 5) is 4.68. The van der Waals surface area contributed by atoms with Crippen molar-refractivity contribution in [2.24, 2.45) is 0 Å². The van der Waals surface area contributed by atoms with Crippen molar-refractivity contribution in [3.8, 4) is 11.3 Å². The van der Waals surface area contributed by atoms with E-state index in [9.17, 15) is 0 Å². The SMILES string of the molecule is Cc1ccc2nc(-c3c(C)oc4ccccc34)c(N)n2c1. The molecule has 0 aliphatic rings. The summed E-state index contributed by atoms with van der Waals surface area (Å²) in [6.07, 6.45) is 2.00. The maximum Gasteiger partial charge on any atom is 0.139 e. The molecule has 0 aliphatic carbocycles. The van der Waals surface area contributed by atoms with Gasteiger partial charge in [-0.05, 0) is 31.5 Å². The highest BCUT2D eigenvalue weighted by Crippen LogP contribution is 2.37. The minimum Gasteiger partial charge on any atom is -0.461 e. The maximum atomic E-state index is 6.32. The monoisotopic (exact) mass is 277 g/mol. The van der Waals surface area contributed by atoms with Crippen LogP contribution in [0, 0.1) is 13.8 Å². The van der Waals surface area contributed by atoms with Crippen LogP contribution in [0.1, 0.15) is 11.3 Å². The fourth-order valence-corrected chi connectivity index (χ4v) is 2.82. The maximum absolute atomic E-state index is 6.32. The van der Waals surface area contributed by atoms with E-state index in [4.69, 9.17) is 10.2 Å². The number of nitrogens with two attached hydrogens (primary N) is 1. The van der Waals surface area contributed by atoms with Gasteiger partial charge >= 0.3 is 0 Å². The zero-order valence-corrected chi connectivity index (χ0v) is 11.9. The standard InChI is InChI=1S/C17H15N3O/c1-10-7-8-14-19-16(17(18)20(14)9-10)15-11(2)21-13-6-4-3-5-12(13)15/h3-9H,18H2,1-2H3. The lowest BCUT2D eigenvalue weighted by Crippen LogP contribution is -1.94. The van der Waals surface area contributed by atoms with Crippen molar-refractivity contribution in [3.05, 3.63) is 53.9 Å². The Morgan fingerprint density at radius 1 is 1.10 bits per heavy atom. The number of pyridine rings is 1. The Kier molecular flexibility index (Phi) is 2.36. The summed E-state index contributed by atoms with van der Waals surface area (Å²) in [5.74, 6) is 1.48. The normalized spacial score (nSPS) is 11.5. The van der Waals surface area contributed by atoms with Crippen molar-refractivity contribution in [1.82, 2.24) is 9.38 Å². The van der Waals surface area contributed by atoms with Crippen molar-refractivity contribution >= 4 is 22.4 Å². The van der Waals surface area contributed by atoms with Gasteiger partial charge in [0.25, 0.3) is 0 Å². The fourth-order valence-electron chi connectivity index (χ4n) is 2.82. The number of aryl methyl sites for hydroxylation is 2. The van der Waals surface area contributed by atoms with Crippen molar-refractivity contribution < 1.29 is 4.42 Å². The molecule has 0 fully saturated rings. The van der Waals surface area contributed by atoms with E-state index in [2.05, 4.69) is 4.98 Å². The number of rotatable bonds is 1. The van der Waals surface area contributed by atoms with Crippen molar-refractivity contribution in [1.29, 1.82) is 0 Å². The van der Waals surface area contributed by atoms with Crippen LogP contribution in [-0.2, 0) is 0 Å². The van der Waals surface area contributed by atoms with E-state index in [0.717, 1.165) is 39.2 Å². The Hall–Kier alpha value is -2.75. The number of imidazole rings is 1. The molecule has 1 aromatic carbocycles. The predicted octanol–water partition coefficient (Wildman–Crippen LogP) is 3.95. The number of para-hydroxylation sites is 1. The van der Waals surface area contributed by atoms with Gasteiger partial charge in [-0.3, -0.25) is 4.40 Å². The minimum absolute atomic E-state index is 0.642. The lowest BCUT2D eigenvalue weighted by molar-refractivity contribution is 0.580. The number of nitrogen functional groups attached to an aromatic ring is 1. The highest BCUT2D eigenvalue weighted by atomic mass is 16.3. The highest BCUT2D eigenvalue weighted by Gasteiger charge is 2.19. The van der Waals surface area contributed by atoms with Gasteiger partial charge in [-0.1, -0.05) is 24.3 Å². The number of benzene rings is 1.